The number of hydrogen-bond acceptors (Lipinski definition) is 14. The molecule has 0 saturated carbocycles. The monoisotopic (exact) mass is 808 g/mol. The van der Waals surface area contributed by atoms with E-state index in [2.05, 4.69) is 42.8 Å². The highest BCUT2D eigenvalue weighted by atomic mass is 35.5. The first kappa shape index (κ1) is 48.4. The fourth-order valence-corrected chi connectivity index (χ4v) is 6.78. The molecule has 4 heterocycles. The molecule has 0 unspecified atom stereocenters. The zero-order chi connectivity index (χ0) is 26.4. The Bertz CT molecular complexity index is 1130. The summed E-state index contributed by atoms with van der Waals surface area (Å²) in [6.45, 7) is 8.57. The Hall–Kier alpha value is 0.0200. The summed E-state index contributed by atoms with van der Waals surface area (Å²) >= 11 is 6.59. The topological polar surface area (TPSA) is 152 Å². The van der Waals surface area contributed by atoms with Crippen LogP contribution in [0.3, 0.4) is 0 Å². The van der Waals surface area contributed by atoms with E-state index in [1.165, 1.54) is 0 Å². The van der Waals surface area contributed by atoms with Gasteiger partial charge in [-0.2, -0.15) is 0 Å². The number of hydrogen-bond donors (Lipinski definition) is 6. The Labute approximate surface area is 312 Å². The van der Waals surface area contributed by atoms with Crippen LogP contribution in [-0.4, -0.2) is 85.4 Å². The van der Waals surface area contributed by atoms with Crippen molar-refractivity contribution in [3.8, 4) is 32.8 Å². The number of aromatic nitrogens is 4. The fraction of sp³-hybridized carbons (Fsp3) is 0.500. The van der Waals surface area contributed by atoms with Crippen molar-refractivity contribution in [1.82, 2.24) is 41.2 Å². The molecule has 0 spiro atoms. The maximum Gasteiger partial charge on any atom is 0.143 e. The number of nitrogens with one attached hydrogen (secondary N) is 4. The van der Waals surface area contributed by atoms with Crippen LogP contribution in [-0.2, 0) is 12.8 Å². The second-order valence-electron chi connectivity index (χ2n) is 8.41. The maximum absolute atomic E-state index is 5.48. The Kier molecular flexibility index (Phi) is 30.9. The van der Waals surface area contributed by atoms with Crippen LogP contribution in [0.1, 0.15) is 10.0 Å². The standard InChI is InChI=1S/C24H36N10S4.6ClH/c25-3-7-29-11-9-27-5-1-21-31-19(15-35-21)23-33-17(13-37-23)18-14-38-24(34-18)20-16-36-22(32-20)2-6-28-10-12-30-8-4-26;;;;;;/h13-16,27-30H,1-12,25-26H2;6*1H. The Balaban J connectivity index is -0.00000280. The highest BCUT2D eigenvalue weighted by Crippen LogP contribution is 2.33. The molecule has 8 N–H and O–H groups in total. The number of nitrogens with two attached hydrogens (primary N) is 2. The van der Waals surface area contributed by atoms with Crippen LogP contribution in [0.25, 0.3) is 32.8 Å². The van der Waals surface area contributed by atoms with Crippen molar-refractivity contribution in [3.05, 3.63) is 31.5 Å². The van der Waals surface area contributed by atoms with Gasteiger partial charge in [-0.3, -0.25) is 0 Å². The summed E-state index contributed by atoms with van der Waals surface area (Å²) in [5.74, 6) is 0. The molecule has 10 nitrogen and oxygen atoms in total. The normalized spacial score (nSPS) is 9.95. The molecule has 4 aromatic rings. The summed E-state index contributed by atoms with van der Waals surface area (Å²) < 4.78 is 0. The highest BCUT2D eigenvalue weighted by Gasteiger charge is 2.15. The van der Waals surface area contributed by atoms with Crippen LogP contribution >= 0.6 is 120 Å². The lowest BCUT2D eigenvalue weighted by Gasteiger charge is -2.04. The van der Waals surface area contributed by atoms with Gasteiger partial charge < -0.3 is 32.7 Å². The van der Waals surface area contributed by atoms with E-state index in [0.717, 1.165) is 108 Å². The van der Waals surface area contributed by atoms with E-state index in [9.17, 15) is 0 Å². The maximum atomic E-state index is 5.48. The Morgan fingerprint density at radius 3 is 1.14 bits per heavy atom. The molecule has 0 fully saturated rings. The zero-order valence-electron chi connectivity index (χ0n) is 23.8. The van der Waals surface area contributed by atoms with E-state index in [-0.39, 0.29) is 74.4 Å². The van der Waals surface area contributed by atoms with Crippen LogP contribution < -0.4 is 32.7 Å². The van der Waals surface area contributed by atoms with Crippen LogP contribution in [0.4, 0.5) is 0 Å². The first-order valence-electron chi connectivity index (χ1n) is 12.8. The summed E-state index contributed by atoms with van der Waals surface area (Å²) in [6.07, 6.45) is 1.82. The van der Waals surface area contributed by atoms with Gasteiger partial charge in [0.05, 0.1) is 10.0 Å². The predicted molar refractivity (Wildman–Crippen MR) is 206 cm³/mol. The largest absolute Gasteiger partial charge is 0.329 e. The Morgan fingerprint density at radius 1 is 0.432 bits per heavy atom. The van der Waals surface area contributed by atoms with E-state index in [1.807, 2.05) is 0 Å². The molecule has 254 valence electrons. The molecule has 0 aliphatic carbocycles. The van der Waals surface area contributed by atoms with Crippen molar-refractivity contribution in [3.63, 3.8) is 0 Å². The molecule has 0 aromatic carbocycles. The summed E-state index contributed by atoms with van der Waals surface area (Å²) in [5, 5.41) is 25.8. The van der Waals surface area contributed by atoms with Crippen LogP contribution in [0.2, 0.25) is 0 Å². The van der Waals surface area contributed by atoms with E-state index < -0.39 is 0 Å². The van der Waals surface area contributed by atoms with Gasteiger partial charge in [0, 0.05) is 99.8 Å². The lowest BCUT2D eigenvalue weighted by Crippen LogP contribution is -2.31. The molecule has 0 saturated heterocycles. The van der Waals surface area contributed by atoms with Gasteiger partial charge in [0.1, 0.15) is 32.8 Å². The summed E-state index contributed by atoms with van der Waals surface area (Å²) in [6, 6.07) is 0. The third-order valence-corrected chi connectivity index (χ3v) is 8.99. The minimum atomic E-state index is 0. The van der Waals surface area contributed by atoms with Crippen LogP contribution in [0, 0.1) is 0 Å². The molecule has 20 heteroatoms. The van der Waals surface area contributed by atoms with Gasteiger partial charge >= 0.3 is 0 Å². The second kappa shape index (κ2) is 28.1. The van der Waals surface area contributed by atoms with Crippen molar-refractivity contribution in [2.45, 2.75) is 12.8 Å². The second-order valence-corrected chi connectivity index (χ2v) is 12.0. The fourth-order valence-electron chi connectivity index (χ4n) is 3.51. The summed E-state index contributed by atoms with van der Waals surface area (Å²) in [4.78, 5) is 19.2. The molecular weight excluding hydrogens is 769 g/mol. The zero-order valence-corrected chi connectivity index (χ0v) is 32.0. The number of thiazole rings is 4. The van der Waals surface area contributed by atoms with Crippen molar-refractivity contribution >= 4 is 120 Å². The third kappa shape index (κ3) is 16.2. The lowest BCUT2D eigenvalue weighted by molar-refractivity contribution is 0.614. The van der Waals surface area contributed by atoms with Crippen molar-refractivity contribution in [1.29, 1.82) is 0 Å². The minimum Gasteiger partial charge on any atom is -0.329 e. The van der Waals surface area contributed by atoms with Gasteiger partial charge in [0.15, 0.2) is 0 Å². The van der Waals surface area contributed by atoms with Gasteiger partial charge in [0.25, 0.3) is 0 Å². The molecule has 4 aromatic heterocycles. The van der Waals surface area contributed by atoms with E-state index in [1.54, 1.807) is 45.3 Å². The average molecular weight is 812 g/mol. The molecular formula is C24H42Cl6N10S4. The van der Waals surface area contributed by atoms with Gasteiger partial charge in [-0.25, -0.2) is 19.9 Å². The van der Waals surface area contributed by atoms with E-state index in [0.29, 0.717) is 13.1 Å². The number of nitrogens with zero attached hydrogens (tertiary/aromatic N) is 4. The quantitative estimate of drug-likeness (QED) is 0.0753. The van der Waals surface area contributed by atoms with Gasteiger partial charge in [0.2, 0.25) is 0 Å². The smallest absolute Gasteiger partial charge is 0.143 e. The van der Waals surface area contributed by atoms with E-state index in [4.69, 9.17) is 31.4 Å². The molecule has 0 bridgehead atoms. The minimum absolute atomic E-state index is 0. The van der Waals surface area contributed by atoms with Gasteiger partial charge in [-0.15, -0.1) is 120 Å². The molecule has 4 rings (SSSR count). The summed E-state index contributed by atoms with van der Waals surface area (Å²) in [7, 11) is 0. The lowest BCUT2D eigenvalue weighted by atomic mass is 10.4. The molecule has 0 aliphatic heterocycles. The number of halogens is 6. The van der Waals surface area contributed by atoms with Gasteiger partial charge in [-0.1, -0.05) is 0 Å². The third-order valence-electron chi connectivity index (χ3n) is 5.44. The molecule has 0 radical (unpaired) electrons. The Morgan fingerprint density at radius 2 is 0.773 bits per heavy atom. The van der Waals surface area contributed by atoms with E-state index >= 15 is 0 Å². The SMILES string of the molecule is Cl.Cl.Cl.Cl.Cl.Cl.NCCNCCNCCc1nc(-c2nc(-c3csc(-c4csc(CCNCCNCCN)n4)n3)cs2)cs1. The average Bonchev–Trinajstić information content (AvgIpc) is 3.73. The summed E-state index contributed by atoms with van der Waals surface area (Å²) in [5.41, 5.74) is 14.6. The molecule has 0 atom stereocenters. The first-order valence-corrected chi connectivity index (χ1v) is 16.3. The predicted octanol–water partition coefficient (Wildman–Crippen LogP) is 4.41. The molecule has 0 aliphatic rings. The van der Waals surface area contributed by atoms with Crippen LogP contribution in [0.15, 0.2) is 21.5 Å². The van der Waals surface area contributed by atoms with Gasteiger partial charge in [-0.05, 0) is 0 Å². The first-order chi connectivity index (χ1) is 18.8. The van der Waals surface area contributed by atoms with Crippen molar-refractivity contribution in [2.75, 3.05) is 65.4 Å². The number of rotatable bonds is 19. The molecule has 44 heavy (non-hydrogen) atoms. The van der Waals surface area contributed by atoms with Crippen LogP contribution in [0.5, 0.6) is 0 Å². The van der Waals surface area contributed by atoms with Crippen molar-refractivity contribution < 1.29 is 0 Å². The highest BCUT2D eigenvalue weighted by molar-refractivity contribution is 7.15. The molecule has 0 amide bonds. The van der Waals surface area contributed by atoms with Crippen molar-refractivity contribution in [2.24, 2.45) is 11.5 Å².